The molecule has 18 heavy (non-hydrogen) atoms. The van der Waals surface area contributed by atoms with Crippen LogP contribution in [0.1, 0.15) is 28.8 Å². The Labute approximate surface area is 114 Å². The van der Waals surface area contributed by atoms with Gasteiger partial charge in [-0.15, -0.1) is 11.3 Å². The van der Waals surface area contributed by atoms with Crippen LogP contribution in [0.3, 0.4) is 0 Å². The minimum Gasteiger partial charge on any atom is -0.476 e. The van der Waals surface area contributed by atoms with Gasteiger partial charge in [0.1, 0.15) is 0 Å². The van der Waals surface area contributed by atoms with E-state index >= 15 is 0 Å². The molecule has 0 aliphatic carbocycles. The Balaban J connectivity index is 2.51. The van der Waals surface area contributed by atoms with Crippen LogP contribution < -0.4 is 0 Å². The van der Waals surface area contributed by atoms with E-state index in [0.29, 0.717) is 9.90 Å². The van der Waals surface area contributed by atoms with Gasteiger partial charge in [0.15, 0.2) is 5.69 Å². The number of hydrogen-bond donors (Lipinski definition) is 1. The number of carboxylic acid groups (broad SMARTS) is 1. The van der Waals surface area contributed by atoms with E-state index in [2.05, 4.69) is 4.98 Å². The van der Waals surface area contributed by atoms with Gasteiger partial charge in [0.2, 0.25) is 0 Å². The van der Waals surface area contributed by atoms with E-state index in [4.69, 9.17) is 11.6 Å². The number of aromatic carboxylic acids is 1. The molecule has 0 spiro atoms. The molecule has 0 unspecified atom stereocenters. The molecule has 0 amide bonds. The average molecular weight is 282 g/mol. The molecule has 1 N–H and O–H groups in total. The van der Waals surface area contributed by atoms with E-state index in [1.165, 1.54) is 11.3 Å². The zero-order valence-electron chi connectivity index (χ0n) is 9.81. The molecule has 0 radical (unpaired) electrons. The second-order valence-electron chi connectivity index (χ2n) is 3.85. The van der Waals surface area contributed by atoms with E-state index in [1.54, 1.807) is 12.1 Å². The normalized spacial score (nSPS) is 10.6. The number of nitrogens with zero attached hydrogens (tertiary/aromatic N) is 1. The largest absolute Gasteiger partial charge is 0.476 e. The van der Waals surface area contributed by atoms with Gasteiger partial charge < -0.3 is 5.11 Å². The van der Waals surface area contributed by atoms with Gasteiger partial charge >= 0.3 is 5.97 Å². The van der Waals surface area contributed by atoms with Crippen LogP contribution >= 0.6 is 22.9 Å². The maximum atomic E-state index is 11.2. The first-order valence-corrected chi connectivity index (χ1v) is 6.80. The predicted molar refractivity (Wildman–Crippen MR) is 73.5 cm³/mol. The molecule has 2 aromatic rings. The lowest BCUT2D eigenvalue weighted by atomic mass is 10.1. The van der Waals surface area contributed by atoms with Crippen molar-refractivity contribution in [3.8, 4) is 10.4 Å². The molecule has 0 fully saturated rings. The summed E-state index contributed by atoms with van der Waals surface area (Å²) in [5.41, 5.74) is 0.922. The number of hydrogen-bond acceptors (Lipinski definition) is 3. The van der Waals surface area contributed by atoms with Gasteiger partial charge in [0.05, 0.1) is 9.88 Å². The molecule has 5 heteroatoms. The maximum absolute atomic E-state index is 11.2. The van der Waals surface area contributed by atoms with Crippen LogP contribution in [0, 0.1) is 0 Å². The Morgan fingerprint density at radius 2 is 2.28 bits per heavy atom. The summed E-state index contributed by atoms with van der Waals surface area (Å²) in [6.45, 7) is 2.04. The molecule has 1 heterocycles. The highest BCUT2D eigenvalue weighted by atomic mass is 35.5. The summed E-state index contributed by atoms with van der Waals surface area (Å²) in [5, 5.41) is 10.6. The Kier molecular flexibility index (Phi) is 3.99. The third-order valence-electron chi connectivity index (χ3n) is 2.42. The first kappa shape index (κ1) is 13.1. The third-order valence-corrected chi connectivity index (χ3v) is 3.82. The molecule has 0 bridgehead atoms. The van der Waals surface area contributed by atoms with Crippen molar-refractivity contribution in [1.29, 1.82) is 0 Å². The van der Waals surface area contributed by atoms with Gasteiger partial charge in [-0.3, -0.25) is 0 Å². The summed E-state index contributed by atoms with van der Waals surface area (Å²) < 4.78 is 0. The summed E-state index contributed by atoms with van der Waals surface area (Å²) in [6, 6.07) is 7.18. The Morgan fingerprint density at radius 1 is 1.50 bits per heavy atom. The summed E-state index contributed by atoms with van der Waals surface area (Å²) in [6.07, 6.45) is 1.74. The molecule has 0 aliphatic rings. The first-order chi connectivity index (χ1) is 8.61. The Hall–Kier alpha value is -1.39. The molecule has 2 rings (SSSR count). The lowest BCUT2D eigenvalue weighted by molar-refractivity contribution is 0.0692. The van der Waals surface area contributed by atoms with E-state index < -0.39 is 5.97 Å². The van der Waals surface area contributed by atoms with Gasteiger partial charge in [0, 0.05) is 5.02 Å². The first-order valence-electron chi connectivity index (χ1n) is 5.60. The smallest absolute Gasteiger partial charge is 0.356 e. The minimum atomic E-state index is -0.997. The second kappa shape index (κ2) is 5.50. The van der Waals surface area contributed by atoms with Gasteiger partial charge in [0.25, 0.3) is 0 Å². The second-order valence-corrected chi connectivity index (χ2v) is 5.37. The number of aromatic nitrogens is 1. The van der Waals surface area contributed by atoms with Gasteiger partial charge in [-0.1, -0.05) is 30.7 Å². The summed E-state index contributed by atoms with van der Waals surface area (Å²) in [7, 11) is 0. The third kappa shape index (κ3) is 2.71. The van der Waals surface area contributed by atoms with Crippen molar-refractivity contribution in [2.75, 3.05) is 0 Å². The highest BCUT2D eigenvalue weighted by Crippen LogP contribution is 2.32. The van der Waals surface area contributed by atoms with Gasteiger partial charge in [-0.2, -0.15) is 0 Å². The van der Waals surface area contributed by atoms with Crippen molar-refractivity contribution in [2.24, 2.45) is 0 Å². The van der Waals surface area contributed by atoms with Crippen LogP contribution in [-0.2, 0) is 6.42 Å². The molecule has 0 saturated heterocycles. The molecule has 3 nitrogen and oxygen atoms in total. The van der Waals surface area contributed by atoms with E-state index in [9.17, 15) is 9.90 Å². The zero-order chi connectivity index (χ0) is 13.1. The van der Waals surface area contributed by atoms with E-state index in [-0.39, 0.29) is 5.69 Å². The highest BCUT2D eigenvalue weighted by Gasteiger charge is 2.18. The predicted octanol–water partition coefficient (Wildman–Crippen LogP) is 4.11. The summed E-state index contributed by atoms with van der Waals surface area (Å²) in [5.74, 6) is -0.997. The molecular weight excluding hydrogens is 270 g/mol. The standard InChI is InChI=1S/C13H12ClNO2S/c1-2-4-10-15-11(13(16)17)12(18-10)8-5-3-6-9(14)7-8/h3,5-7H,2,4H2,1H3,(H,16,17). The fourth-order valence-electron chi connectivity index (χ4n) is 1.66. The van der Waals surface area contributed by atoms with E-state index in [1.807, 2.05) is 19.1 Å². The van der Waals surface area contributed by atoms with Crippen molar-refractivity contribution >= 4 is 28.9 Å². The van der Waals surface area contributed by atoms with Crippen molar-refractivity contribution < 1.29 is 9.90 Å². The number of thiazole rings is 1. The lowest BCUT2D eigenvalue weighted by Crippen LogP contribution is -1.99. The van der Waals surface area contributed by atoms with Crippen LogP contribution in [0.15, 0.2) is 24.3 Å². The highest BCUT2D eigenvalue weighted by molar-refractivity contribution is 7.15. The van der Waals surface area contributed by atoms with Crippen molar-refractivity contribution in [2.45, 2.75) is 19.8 Å². The van der Waals surface area contributed by atoms with Gasteiger partial charge in [-0.25, -0.2) is 9.78 Å². The topological polar surface area (TPSA) is 50.2 Å². The summed E-state index contributed by atoms with van der Waals surface area (Å²) >= 11 is 7.36. The molecule has 94 valence electrons. The molecule has 1 aromatic heterocycles. The fourth-order valence-corrected chi connectivity index (χ4v) is 3.00. The Bertz CT molecular complexity index is 580. The Morgan fingerprint density at radius 3 is 2.89 bits per heavy atom. The number of benzene rings is 1. The number of carbonyl (C=O) groups is 1. The molecular formula is C13H12ClNO2S. The molecule has 0 aliphatic heterocycles. The van der Waals surface area contributed by atoms with E-state index in [0.717, 1.165) is 23.4 Å². The minimum absolute atomic E-state index is 0.116. The fraction of sp³-hybridized carbons (Fsp3) is 0.231. The maximum Gasteiger partial charge on any atom is 0.356 e. The number of aryl methyl sites for hydroxylation is 1. The summed E-state index contributed by atoms with van der Waals surface area (Å²) in [4.78, 5) is 16.1. The number of carboxylic acids is 1. The zero-order valence-corrected chi connectivity index (χ0v) is 11.4. The molecule has 0 saturated carbocycles. The van der Waals surface area contributed by atoms with Crippen LogP contribution in [0.25, 0.3) is 10.4 Å². The van der Waals surface area contributed by atoms with Gasteiger partial charge in [-0.05, 0) is 30.5 Å². The molecule has 0 atom stereocenters. The average Bonchev–Trinajstić information content (AvgIpc) is 2.74. The number of rotatable bonds is 4. The monoisotopic (exact) mass is 281 g/mol. The van der Waals surface area contributed by atoms with Crippen LogP contribution in [-0.4, -0.2) is 16.1 Å². The van der Waals surface area contributed by atoms with Crippen molar-refractivity contribution in [3.05, 3.63) is 40.0 Å². The van der Waals surface area contributed by atoms with Crippen LogP contribution in [0.2, 0.25) is 5.02 Å². The SMILES string of the molecule is CCCc1nc(C(=O)O)c(-c2cccc(Cl)c2)s1. The van der Waals surface area contributed by atoms with Crippen LogP contribution in [0.4, 0.5) is 0 Å². The van der Waals surface area contributed by atoms with Crippen molar-refractivity contribution in [1.82, 2.24) is 4.98 Å². The molecule has 1 aromatic carbocycles. The van der Waals surface area contributed by atoms with Crippen molar-refractivity contribution in [3.63, 3.8) is 0 Å². The quantitative estimate of drug-likeness (QED) is 0.917. The lowest BCUT2D eigenvalue weighted by Gasteiger charge is -1.99. The number of halogens is 1. The van der Waals surface area contributed by atoms with Crippen LogP contribution in [0.5, 0.6) is 0 Å².